The highest BCUT2D eigenvalue weighted by Gasteiger charge is 2.30. The first kappa shape index (κ1) is 24.6. The van der Waals surface area contributed by atoms with E-state index in [1.807, 2.05) is 75.4 Å². The van der Waals surface area contributed by atoms with Crippen LogP contribution in [0.5, 0.6) is 5.75 Å². The molecule has 1 aliphatic rings. The Morgan fingerprint density at radius 1 is 1.14 bits per heavy atom. The second kappa shape index (κ2) is 9.73. The number of likely N-dealkylation sites (tertiary alicyclic amines) is 1. The first-order valence-corrected chi connectivity index (χ1v) is 12.4. The van der Waals surface area contributed by atoms with E-state index in [-0.39, 0.29) is 11.3 Å². The van der Waals surface area contributed by atoms with Gasteiger partial charge < -0.3 is 14.2 Å². The highest BCUT2D eigenvalue weighted by atomic mass is 35.5. The second-order valence-electron chi connectivity index (χ2n) is 10.0. The summed E-state index contributed by atoms with van der Waals surface area (Å²) in [6.45, 7) is 7.55. The normalized spacial score (nSPS) is 16.6. The van der Waals surface area contributed by atoms with Crippen molar-refractivity contribution in [3.63, 3.8) is 0 Å². The fourth-order valence-corrected chi connectivity index (χ4v) is 4.85. The topological polar surface area (TPSA) is 65.8 Å². The van der Waals surface area contributed by atoms with E-state index in [0.29, 0.717) is 29.3 Å². The van der Waals surface area contributed by atoms with Gasteiger partial charge in [0.15, 0.2) is 5.75 Å². The molecule has 1 fully saturated rings. The van der Waals surface area contributed by atoms with Gasteiger partial charge in [-0.15, -0.1) is 0 Å². The van der Waals surface area contributed by atoms with Gasteiger partial charge in [0.25, 0.3) is 0 Å². The van der Waals surface area contributed by atoms with Crippen molar-refractivity contribution < 1.29 is 19.0 Å². The molecular weight excluding hydrogens is 478 g/mol. The minimum absolute atomic E-state index is 0.190. The number of benzene rings is 2. The van der Waals surface area contributed by atoms with Crippen molar-refractivity contribution in [1.82, 2.24) is 14.5 Å². The fourth-order valence-electron chi connectivity index (χ4n) is 4.62. The van der Waals surface area contributed by atoms with Gasteiger partial charge in [-0.1, -0.05) is 41.9 Å². The van der Waals surface area contributed by atoms with Gasteiger partial charge >= 0.3 is 6.09 Å². The van der Waals surface area contributed by atoms with Crippen LogP contribution >= 0.6 is 11.6 Å². The third-order valence-corrected chi connectivity index (χ3v) is 6.58. The molecule has 0 bridgehead atoms. The van der Waals surface area contributed by atoms with Crippen molar-refractivity contribution >= 4 is 39.5 Å². The predicted octanol–water partition coefficient (Wildman–Crippen LogP) is 6.35. The highest BCUT2D eigenvalue weighted by Crippen LogP contribution is 2.43. The van der Waals surface area contributed by atoms with Crippen LogP contribution in [0.3, 0.4) is 0 Å². The number of aromatic nitrogens is 2. The highest BCUT2D eigenvalue weighted by molar-refractivity contribution is 6.33. The maximum absolute atomic E-state index is 13.6. The zero-order valence-electron chi connectivity index (χ0n) is 21.0. The number of hydrogen-bond donors (Lipinski definition) is 0. The van der Waals surface area contributed by atoms with Gasteiger partial charge in [-0.25, -0.2) is 14.3 Å². The maximum atomic E-state index is 13.6. The minimum Gasteiger partial charge on any atom is -0.475 e. The van der Waals surface area contributed by atoms with Crippen LogP contribution in [-0.4, -0.2) is 59.2 Å². The van der Waals surface area contributed by atoms with Crippen molar-refractivity contribution in [1.29, 1.82) is 0 Å². The summed E-state index contributed by atoms with van der Waals surface area (Å²) in [4.78, 5) is 20.4. The van der Waals surface area contributed by atoms with Crippen molar-refractivity contribution in [2.45, 2.75) is 38.9 Å². The zero-order valence-corrected chi connectivity index (χ0v) is 21.7. The zero-order chi connectivity index (χ0) is 25.4. The van der Waals surface area contributed by atoms with Gasteiger partial charge in [-0.3, -0.25) is 4.90 Å². The van der Waals surface area contributed by atoms with Crippen molar-refractivity contribution in [3.05, 3.63) is 59.8 Å². The number of rotatable bonds is 5. The number of ether oxygens (including phenoxy) is 3. The molecule has 1 atom stereocenters. The average Bonchev–Trinajstić information content (AvgIpc) is 3.43. The Morgan fingerprint density at radius 3 is 2.64 bits per heavy atom. The molecule has 36 heavy (non-hydrogen) atoms. The SMILES string of the molecule is CO[C@@H]1CCN(COc2c(-c3cc4ccccc4nc3Cl)n(C(=O)OC(C)(C)C)c3ccccc23)C1. The molecule has 0 N–H and O–H groups in total. The number of carbonyl (C=O) groups is 1. The molecule has 2 aromatic heterocycles. The summed E-state index contributed by atoms with van der Waals surface area (Å²) < 4.78 is 19.3. The van der Waals surface area contributed by atoms with Gasteiger partial charge in [0.2, 0.25) is 0 Å². The predicted molar refractivity (Wildman–Crippen MR) is 142 cm³/mol. The molecule has 0 radical (unpaired) electrons. The lowest BCUT2D eigenvalue weighted by atomic mass is 10.1. The van der Waals surface area contributed by atoms with Gasteiger partial charge in [0.05, 0.1) is 17.1 Å². The molecule has 0 unspecified atom stereocenters. The number of methoxy groups -OCH3 is 1. The van der Waals surface area contributed by atoms with Crippen LogP contribution in [0.25, 0.3) is 33.1 Å². The van der Waals surface area contributed by atoms with Crippen LogP contribution in [0.1, 0.15) is 27.2 Å². The molecule has 0 aliphatic carbocycles. The smallest absolute Gasteiger partial charge is 0.419 e. The average molecular weight is 508 g/mol. The van der Waals surface area contributed by atoms with Crippen LogP contribution in [0.4, 0.5) is 4.79 Å². The van der Waals surface area contributed by atoms with E-state index < -0.39 is 11.7 Å². The molecule has 3 heterocycles. The number of carbonyl (C=O) groups excluding carboxylic acids is 1. The Kier molecular flexibility index (Phi) is 6.64. The third-order valence-electron chi connectivity index (χ3n) is 6.29. The van der Waals surface area contributed by atoms with E-state index in [0.717, 1.165) is 35.8 Å². The third kappa shape index (κ3) is 4.78. The van der Waals surface area contributed by atoms with Crippen LogP contribution in [0, 0.1) is 0 Å². The first-order chi connectivity index (χ1) is 17.2. The van der Waals surface area contributed by atoms with Gasteiger partial charge in [0, 0.05) is 36.5 Å². The summed E-state index contributed by atoms with van der Waals surface area (Å²) in [6, 6.07) is 17.3. The lowest BCUT2D eigenvalue weighted by Crippen LogP contribution is -2.28. The van der Waals surface area contributed by atoms with Crippen molar-refractivity contribution in [2.75, 3.05) is 26.9 Å². The van der Waals surface area contributed by atoms with Crippen LogP contribution in [0.2, 0.25) is 5.15 Å². The molecule has 188 valence electrons. The Hall–Kier alpha value is -3.13. The largest absolute Gasteiger partial charge is 0.475 e. The summed E-state index contributed by atoms with van der Waals surface area (Å²) in [7, 11) is 1.73. The number of para-hydroxylation sites is 2. The molecule has 5 rings (SSSR count). The minimum atomic E-state index is -0.684. The summed E-state index contributed by atoms with van der Waals surface area (Å²) in [5.74, 6) is 0.566. The lowest BCUT2D eigenvalue weighted by molar-refractivity contribution is 0.0545. The molecule has 0 saturated carbocycles. The van der Waals surface area contributed by atoms with Crippen LogP contribution in [0.15, 0.2) is 54.6 Å². The van der Waals surface area contributed by atoms with Crippen molar-refractivity contribution in [3.8, 4) is 17.0 Å². The summed E-state index contributed by atoms with van der Waals surface area (Å²) in [6.07, 6.45) is 0.635. The van der Waals surface area contributed by atoms with Crippen LogP contribution in [-0.2, 0) is 9.47 Å². The van der Waals surface area contributed by atoms with Gasteiger partial charge in [-0.05, 0) is 51.5 Å². The standard InChI is InChI=1S/C28H30ClN3O4/c1-28(2,3)36-27(33)32-23-12-8-6-10-20(23)25(35-17-31-14-13-19(16-31)34-4)24(32)21-15-18-9-5-7-11-22(18)30-26(21)29/h5-12,15,19H,13-14,16-17H2,1-4H3/t19-/m1/s1. The molecule has 0 amide bonds. The number of hydrogen-bond acceptors (Lipinski definition) is 6. The monoisotopic (exact) mass is 507 g/mol. The quantitative estimate of drug-likeness (QED) is 0.293. The Balaban J connectivity index is 1.69. The lowest BCUT2D eigenvalue weighted by Gasteiger charge is -2.22. The molecule has 0 spiro atoms. The number of halogens is 1. The first-order valence-electron chi connectivity index (χ1n) is 12.1. The molecule has 2 aromatic carbocycles. The fraction of sp³-hybridized carbons (Fsp3) is 0.357. The Bertz CT molecular complexity index is 1430. The summed E-state index contributed by atoms with van der Waals surface area (Å²) in [5, 5.41) is 1.99. The van der Waals surface area contributed by atoms with E-state index in [1.165, 1.54) is 0 Å². The summed E-state index contributed by atoms with van der Waals surface area (Å²) >= 11 is 6.75. The van der Waals surface area contributed by atoms with Crippen molar-refractivity contribution in [2.24, 2.45) is 0 Å². The molecular formula is C28H30ClN3O4. The van der Waals surface area contributed by atoms with Gasteiger partial charge in [-0.2, -0.15) is 0 Å². The molecule has 1 saturated heterocycles. The van der Waals surface area contributed by atoms with Crippen LogP contribution < -0.4 is 4.74 Å². The summed E-state index contributed by atoms with van der Waals surface area (Å²) in [5.41, 5.74) is 1.89. The van der Waals surface area contributed by atoms with E-state index in [1.54, 1.807) is 11.7 Å². The van der Waals surface area contributed by atoms with E-state index >= 15 is 0 Å². The molecule has 7 nitrogen and oxygen atoms in total. The second-order valence-corrected chi connectivity index (χ2v) is 10.4. The number of pyridine rings is 1. The van der Waals surface area contributed by atoms with E-state index in [4.69, 9.17) is 25.8 Å². The molecule has 4 aromatic rings. The van der Waals surface area contributed by atoms with E-state index in [2.05, 4.69) is 9.88 Å². The number of nitrogens with zero attached hydrogens (tertiary/aromatic N) is 3. The number of fused-ring (bicyclic) bond motifs is 2. The molecule has 1 aliphatic heterocycles. The maximum Gasteiger partial charge on any atom is 0.419 e. The van der Waals surface area contributed by atoms with Gasteiger partial charge in [0.1, 0.15) is 23.2 Å². The molecule has 8 heteroatoms. The van der Waals surface area contributed by atoms with E-state index in [9.17, 15) is 4.79 Å². The Morgan fingerprint density at radius 2 is 1.89 bits per heavy atom. The Labute approximate surface area is 215 Å².